The molecule has 1 heterocycles. The van der Waals surface area contributed by atoms with Crippen molar-refractivity contribution in [3.63, 3.8) is 0 Å². The number of hydrogen-bond acceptors (Lipinski definition) is 5. The lowest BCUT2D eigenvalue weighted by atomic mass is 10.2. The van der Waals surface area contributed by atoms with Gasteiger partial charge in [-0.05, 0) is 12.3 Å². The Labute approximate surface area is 90.2 Å². The van der Waals surface area contributed by atoms with E-state index >= 15 is 0 Å². The summed E-state index contributed by atoms with van der Waals surface area (Å²) < 4.78 is 9.98. The molecule has 0 fully saturated rings. The molecule has 5 nitrogen and oxygen atoms in total. The van der Waals surface area contributed by atoms with Crippen molar-refractivity contribution in [3.05, 3.63) is 5.82 Å². The van der Waals surface area contributed by atoms with Gasteiger partial charge in [-0.15, -0.1) is 0 Å². The zero-order valence-electron chi connectivity index (χ0n) is 9.62. The Morgan fingerprint density at radius 3 is 2.93 bits per heavy atom. The first-order chi connectivity index (χ1) is 7.22. The second kappa shape index (κ2) is 6.40. The number of aryl methyl sites for hydroxylation is 1. The predicted octanol–water partition coefficient (Wildman–Crippen LogP) is 1.72. The van der Waals surface area contributed by atoms with Crippen LogP contribution in [0.4, 0.5) is 6.01 Å². The molecule has 5 heteroatoms. The number of anilines is 1. The first-order valence-corrected chi connectivity index (χ1v) is 5.27. The molecule has 0 spiro atoms. The van der Waals surface area contributed by atoms with E-state index < -0.39 is 0 Å². The average Bonchev–Trinajstić information content (AvgIpc) is 2.63. The molecule has 0 radical (unpaired) electrons. The van der Waals surface area contributed by atoms with Gasteiger partial charge in [0.1, 0.15) is 0 Å². The summed E-state index contributed by atoms with van der Waals surface area (Å²) in [6.45, 7) is 5.83. The highest BCUT2D eigenvalue weighted by Crippen LogP contribution is 2.06. The molecule has 15 heavy (non-hydrogen) atoms. The van der Waals surface area contributed by atoms with Crippen LogP contribution in [0.3, 0.4) is 0 Å². The minimum Gasteiger partial charge on any atom is -0.385 e. The van der Waals surface area contributed by atoms with Crippen molar-refractivity contribution in [1.29, 1.82) is 0 Å². The second-order valence-electron chi connectivity index (χ2n) is 3.89. The molecule has 86 valence electrons. The monoisotopic (exact) mass is 213 g/mol. The number of rotatable bonds is 7. The highest BCUT2D eigenvalue weighted by Gasteiger charge is 2.05. The van der Waals surface area contributed by atoms with E-state index in [1.807, 2.05) is 0 Å². The lowest BCUT2D eigenvalue weighted by Gasteiger charge is -2.02. The molecule has 1 aromatic heterocycles. The van der Waals surface area contributed by atoms with Crippen LogP contribution in [0.2, 0.25) is 0 Å². The second-order valence-corrected chi connectivity index (χ2v) is 3.89. The normalized spacial score (nSPS) is 10.9. The van der Waals surface area contributed by atoms with Gasteiger partial charge in [-0.1, -0.05) is 19.0 Å². The van der Waals surface area contributed by atoms with E-state index in [0.717, 1.165) is 31.8 Å². The molecule has 0 aliphatic rings. The summed E-state index contributed by atoms with van der Waals surface area (Å²) in [6, 6.07) is 0.510. The Morgan fingerprint density at radius 2 is 2.27 bits per heavy atom. The Morgan fingerprint density at radius 1 is 1.47 bits per heavy atom. The van der Waals surface area contributed by atoms with Gasteiger partial charge in [0.2, 0.25) is 0 Å². The van der Waals surface area contributed by atoms with E-state index in [-0.39, 0.29) is 0 Å². The number of nitrogens with one attached hydrogen (secondary N) is 1. The summed E-state index contributed by atoms with van der Waals surface area (Å²) in [5.74, 6) is 1.30. The molecule has 0 saturated carbocycles. The first-order valence-electron chi connectivity index (χ1n) is 5.27. The first kappa shape index (κ1) is 12.0. The van der Waals surface area contributed by atoms with Gasteiger partial charge in [0, 0.05) is 26.7 Å². The highest BCUT2D eigenvalue weighted by atomic mass is 16.5. The van der Waals surface area contributed by atoms with E-state index in [0.29, 0.717) is 11.9 Å². The molecule has 1 aromatic rings. The minimum absolute atomic E-state index is 0.510. The largest absolute Gasteiger partial charge is 0.385 e. The van der Waals surface area contributed by atoms with Crippen LogP contribution in [0.15, 0.2) is 4.52 Å². The molecule has 0 aliphatic carbocycles. The van der Waals surface area contributed by atoms with Gasteiger partial charge >= 0.3 is 6.01 Å². The van der Waals surface area contributed by atoms with Crippen LogP contribution in [0.1, 0.15) is 26.1 Å². The molecule has 1 rings (SSSR count). The fourth-order valence-electron chi connectivity index (χ4n) is 1.09. The van der Waals surface area contributed by atoms with E-state index in [1.165, 1.54) is 0 Å². The third-order valence-electron chi connectivity index (χ3n) is 1.88. The summed E-state index contributed by atoms with van der Waals surface area (Å²) in [4.78, 5) is 4.21. The number of ether oxygens (including phenoxy) is 1. The number of methoxy groups -OCH3 is 1. The van der Waals surface area contributed by atoms with Gasteiger partial charge in [-0.3, -0.25) is 0 Å². The standard InChI is InChI=1S/C10H19N3O2/c1-8(2)7-11-10-12-9(13-15-10)5-4-6-14-3/h8H,4-7H2,1-3H3,(H,11,12,13). The van der Waals surface area contributed by atoms with Crippen LogP contribution in [-0.2, 0) is 11.2 Å². The molecule has 0 amide bonds. The third-order valence-corrected chi connectivity index (χ3v) is 1.88. The van der Waals surface area contributed by atoms with E-state index in [1.54, 1.807) is 7.11 Å². The van der Waals surface area contributed by atoms with Crippen LogP contribution in [0.25, 0.3) is 0 Å². The zero-order valence-corrected chi connectivity index (χ0v) is 9.62. The third kappa shape index (κ3) is 4.78. The molecule has 0 saturated heterocycles. The van der Waals surface area contributed by atoms with Gasteiger partial charge in [0.05, 0.1) is 0 Å². The maximum Gasteiger partial charge on any atom is 0.321 e. The average molecular weight is 213 g/mol. The molecule has 0 atom stereocenters. The van der Waals surface area contributed by atoms with E-state index in [4.69, 9.17) is 9.26 Å². The Kier molecular flexibility index (Phi) is 5.10. The number of nitrogens with zero attached hydrogens (tertiary/aromatic N) is 2. The molecule has 1 N–H and O–H groups in total. The predicted molar refractivity (Wildman–Crippen MR) is 57.8 cm³/mol. The summed E-state index contributed by atoms with van der Waals surface area (Å²) in [5.41, 5.74) is 0. The van der Waals surface area contributed by atoms with Crippen molar-refractivity contribution < 1.29 is 9.26 Å². The van der Waals surface area contributed by atoms with Crippen molar-refractivity contribution in [2.24, 2.45) is 5.92 Å². The van der Waals surface area contributed by atoms with Gasteiger partial charge in [-0.25, -0.2) is 0 Å². The molecule has 0 unspecified atom stereocenters. The number of hydrogen-bond donors (Lipinski definition) is 1. The van der Waals surface area contributed by atoms with Gasteiger partial charge < -0.3 is 14.6 Å². The van der Waals surface area contributed by atoms with Crippen LogP contribution in [-0.4, -0.2) is 30.4 Å². The lowest BCUT2D eigenvalue weighted by Crippen LogP contribution is -2.08. The maximum atomic E-state index is 5.03. The Bertz CT molecular complexity index is 273. The maximum absolute atomic E-state index is 5.03. The molecular formula is C10H19N3O2. The molecule has 0 aliphatic heterocycles. The van der Waals surface area contributed by atoms with E-state index in [2.05, 4.69) is 29.3 Å². The number of aromatic nitrogens is 2. The highest BCUT2D eigenvalue weighted by molar-refractivity contribution is 5.17. The van der Waals surface area contributed by atoms with Gasteiger partial charge in [0.15, 0.2) is 5.82 Å². The minimum atomic E-state index is 0.510. The van der Waals surface area contributed by atoms with Crippen LogP contribution in [0, 0.1) is 5.92 Å². The van der Waals surface area contributed by atoms with Crippen molar-refractivity contribution in [3.8, 4) is 0 Å². The fourth-order valence-corrected chi connectivity index (χ4v) is 1.09. The van der Waals surface area contributed by atoms with Gasteiger partial charge in [0.25, 0.3) is 0 Å². The summed E-state index contributed by atoms with van der Waals surface area (Å²) >= 11 is 0. The smallest absolute Gasteiger partial charge is 0.321 e. The topological polar surface area (TPSA) is 60.2 Å². The van der Waals surface area contributed by atoms with Crippen LogP contribution < -0.4 is 5.32 Å². The van der Waals surface area contributed by atoms with E-state index in [9.17, 15) is 0 Å². The Hall–Kier alpha value is -1.10. The van der Waals surface area contributed by atoms with Crippen molar-refractivity contribution in [1.82, 2.24) is 10.1 Å². The lowest BCUT2D eigenvalue weighted by molar-refractivity contribution is 0.194. The van der Waals surface area contributed by atoms with Crippen molar-refractivity contribution in [2.45, 2.75) is 26.7 Å². The molecule has 0 bridgehead atoms. The molecule has 0 aromatic carbocycles. The fraction of sp³-hybridized carbons (Fsp3) is 0.800. The van der Waals surface area contributed by atoms with Crippen molar-refractivity contribution in [2.75, 3.05) is 25.6 Å². The van der Waals surface area contributed by atoms with Gasteiger partial charge in [-0.2, -0.15) is 4.98 Å². The SMILES string of the molecule is COCCCc1noc(NCC(C)C)n1. The summed E-state index contributed by atoms with van der Waals surface area (Å²) in [6.07, 6.45) is 1.71. The quantitative estimate of drug-likeness (QED) is 0.699. The zero-order chi connectivity index (χ0) is 11.1. The summed E-state index contributed by atoms with van der Waals surface area (Å²) in [7, 11) is 1.69. The Balaban J connectivity index is 2.29. The van der Waals surface area contributed by atoms with Crippen LogP contribution >= 0.6 is 0 Å². The van der Waals surface area contributed by atoms with Crippen molar-refractivity contribution >= 4 is 6.01 Å². The van der Waals surface area contributed by atoms with Crippen LogP contribution in [0.5, 0.6) is 0 Å². The summed E-state index contributed by atoms with van der Waals surface area (Å²) in [5, 5.41) is 6.95. The molecular weight excluding hydrogens is 194 g/mol.